The van der Waals surface area contributed by atoms with E-state index in [1.807, 2.05) is 91.0 Å². The van der Waals surface area contributed by atoms with E-state index in [4.69, 9.17) is 23.9 Å². The van der Waals surface area contributed by atoms with E-state index < -0.39 is 42.7 Å². The number of ether oxygens (including phenoxy) is 4. The molecule has 0 bridgehead atoms. The molecule has 1 aromatic heterocycles. The number of rotatable bonds is 14. The number of aromatic nitrogens is 2. The molecule has 3 aromatic carbocycles. The van der Waals surface area contributed by atoms with Gasteiger partial charge in [-0.15, -0.1) is 0 Å². The fraction of sp³-hybridized carbons (Fsp3) is 0.432. The van der Waals surface area contributed by atoms with Crippen molar-refractivity contribution >= 4 is 23.7 Å². The van der Waals surface area contributed by atoms with Crippen LogP contribution < -0.4 is 5.45 Å². The molecular weight excluding hydrogens is 643 g/mol. The Morgan fingerprint density at radius 2 is 1.27 bits per heavy atom. The van der Waals surface area contributed by atoms with E-state index in [0.717, 1.165) is 16.7 Å². The van der Waals surface area contributed by atoms with Gasteiger partial charge in [0.05, 0.1) is 38.3 Å². The summed E-state index contributed by atoms with van der Waals surface area (Å²) in [6, 6.07) is 29.8. The Bertz CT molecular complexity index is 1710. The van der Waals surface area contributed by atoms with Gasteiger partial charge in [-0.2, -0.15) is 12.7 Å². The van der Waals surface area contributed by atoms with Gasteiger partial charge in [-0.25, -0.2) is 8.96 Å². The zero-order valence-corrected chi connectivity index (χ0v) is 30.9. The van der Waals surface area contributed by atoms with Crippen LogP contribution in [0.25, 0.3) is 0 Å². The molecule has 1 fully saturated rings. The molecule has 0 amide bonds. The van der Waals surface area contributed by atoms with Crippen LogP contribution in [-0.4, -0.2) is 68.8 Å². The highest BCUT2D eigenvalue weighted by Gasteiger charge is 2.51. The van der Waals surface area contributed by atoms with Crippen molar-refractivity contribution in [1.82, 2.24) is 13.3 Å². The molecule has 4 atom stereocenters. The Morgan fingerprint density at radius 1 is 0.792 bits per heavy atom. The maximum Gasteiger partial charge on any atom is 0.308 e. The third-order valence-electron chi connectivity index (χ3n) is 9.44. The molecule has 0 radical (unpaired) electrons. The molecule has 0 unspecified atom stereocenters. The topological polar surface area (TPSA) is 92.1 Å². The summed E-state index contributed by atoms with van der Waals surface area (Å²) in [6.45, 7) is 12.0. The van der Waals surface area contributed by atoms with Crippen LogP contribution in [0, 0.1) is 0 Å². The summed E-state index contributed by atoms with van der Waals surface area (Å²) in [4.78, 5) is 4.86. The number of benzene rings is 3. The Balaban J connectivity index is 1.57. The van der Waals surface area contributed by atoms with Gasteiger partial charge in [0.2, 0.25) is 0 Å². The molecule has 0 saturated carbocycles. The molecule has 0 spiro atoms. The first-order valence-electron chi connectivity index (χ1n) is 16.4. The molecule has 48 heavy (non-hydrogen) atoms. The number of nitrogens with zero attached hydrogens (tertiary/aromatic N) is 3. The highest BCUT2D eigenvalue weighted by Crippen LogP contribution is 2.41. The number of hydrogen-bond donors (Lipinski definition) is 0. The van der Waals surface area contributed by atoms with Crippen molar-refractivity contribution in [2.45, 2.75) is 83.1 Å². The van der Waals surface area contributed by atoms with Gasteiger partial charge in [0.1, 0.15) is 37.9 Å². The van der Waals surface area contributed by atoms with Gasteiger partial charge in [0.25, 0.3) is 0 Å². The largest absolute Gasteiger partial charge is 0.374 e. The first-order valence-corrected chi connectivity index (χ1v) is 20.8. The van der Waals surface area contributed by atoms with E-state index in [2.05, 4.69) is 33.9 Å². The van der Waals surface area contributed by atoms with Crippen molar-refractivity contribution in [3.05, 3.63) is 120 Å². The van der Waals surface area contributed by atoms with Crippen molar-refractivity contribution < 1.29 is 27.4 Å². The standard InChI is InChI=1S/C37H49N3O6SSi/c1-37(2,3)48(6,7)36-38-23-31(40(36)47(41,42)39(4)5)33-35(45-26-30-21-15-10-16-22-30)34(44-25-29-19-13-9-14-20-29)32(46-33)27-43-24-28-17-11-8-12-18-28/h8-23,32-35H,24-27H2,1-7H3/t32-,33-,34+,35+/m1/s1. The Hall–Kier alpha value is -3.16. The molecule has 1 aliphatic heterocycles. The summed E-state index contributed by atoms with van der Waals surface area (Å²) >= 11 is 0. The summed E-state index contributed by atoms with van der Waals surface area (Å²) in [5.41, 5.74) is 4.01. The maximum absolute atomic E-state index is 14.2. The van der Waals surface area contributed by atoms with Crippen molar-refractivity contribution in [1.29, 1.82) is 0 Å². The Kier molecular flexibility index (Phi) is 11.4. The molecule has 2 heterocycles. The Morgan fingerprint density at radius 3 is 1.75 bits per heavy atom. The third-order valence-corrected chi connectivity index (χ3v) is 16.6. The lowest BCUT2D eigenvalue weighted by molar-refractivity contribution is -0.0898. The summed E-state index contributed by atoms with van der Waals surface area (Å²) in [5.74, 6) is 0. The van der Waals surface area contributed by atoms with Gasteiger partial charge in [0, 0.05) is 14.1 Å². The predicted molar refractivity (Wildman–Crippen MR) is 191 cm³/mol. The first-order chi connectivity index (χ1) is 22.8. The molecule has 9 nitrogen and oxygen atoms in total. The van der Waals surface area contributed by atoms with Gasteiger partial charge in [-0.3, -0.25) is 0 Å². The molecule has 0 aliphatic carbocycles. The molecule has 258 valence electrons. The van der Waals surface area contributed by atoms with Crippen LogP contribution in [0.5, 0.6) is 0 Å². The quantitative estimate of drug-likeness (QED) is 0.148. The van der Waals surface area contributed by atoms with Crippen LogP contribution in [0.15, 0.2) is 97.2 Å². The van der Waals surface area contributed by atoms with Crippen LogP contribution >= 0.6 is 0 Å². The van der Waals surface area contributed by atoms with Crippen LogP contribution in [0.2, 0.25) is 18.1 Å². The summed E-state index contributed by atoms with van der Waals surface area (Å²) in [5, 5.41) is -0.176. The lowest BCUT2D eigenvalue weighted by Crippen LogP contribution is -2.56. The van der Waals surface area contributed by atoms with Crippen molar-refractivity contribution in [2.24, 2.45) is 0 Å². The zero-order valence-electron chi connectivity index (χ0n) is 29.1. The predicted octanol–water partition coefficient (Wildman–Crippen LogP) is 6.08. The normalized spacial score (nSPS) is 20.4. The van der Waals surface area contributed by atoms with Gasteiger partial charge in [-0.05, 0) is 21.7 Å². The van der Waals surface area contributed by atoms with E-state index in [1.54, 1.807) is 20.3 Å². The monoisotopic (exact) mass is 691 g/mol. The lowest BCUT2D eigenvalue weighted by atomic mass is 10.1. The second kappa shape index (κ2) is 15.2. The molecule has 1 aliphatic rings. The van der Waals surface area contributed by atoms with Gasteiger partial charge in [0.15, 0.2) is 0 Å². The van der Waals surface area contributed by atoms with Gasteiger partial charge < -0.3 is 18.9 Å². The Labute approximate surface area is 287 Å². The minimum atomic E-state index is -3.99. The zero-order chi connectivity index (χ0) is 34.5. The number of imidazole rings is 1. The van der Waals surface area contributed by atoms with Gasteiger partial charge >= 0.3 is 10.2 Å². The molecule has 0 N–H and O–H groups in total. The van der Waals surface area contributed by atoms with Crippen molar-refractivity contribution in [3.8, 4) is 0 Å². The van der Waals surface area contributed by atoms with Crippen molar-refractivity contribution in [3.63, 3.8) is 0 Å². The third kappa shape index (κ3) is 8.00. The van der Waals surface area contributed by atoms with Crippen molar-refractivity contribution in [2.75, 3.05) is 20.7 Å². The van der Waals surface area contributed by atoms with E-state index in [0.29, 0.717) is 24.4 Å². The van der Waals surface area contributed by atoms with Crippen LogP contribution in [-0.2, 0) is 49.0 Å². The average molecular weight is 692 g/mol. The molecule has 1 saturated heterocycles. The highest BCUT2D eigenvalue weighted by molar-refractivity contribution is 7.87. The fourth-order valence-electron chi connectivity index (χ4n) is 5.58. The molecule has 11 heteroatoms. The molecular formula is C37H49N3O6SSi. The first kappa shape index (κ1) is 36.1. The summed E-state index contributed by atoms with van der Waals surface area (Å²) in [7, 11) is -3.38. The highest BCUT2D eigenvalue weighted by atomic mass is 32.2. The second-order valence-electron chi connectivity index (χ2n) is 14.1. The minimum absolute atomic E-state index is 0.176. The lowest BCUT2D eigenvalue weighted by Gasteiger charge is -2.36. The second-order valence-corrected chi connectivity index (χ2v) is 21.2. The average Bonchev–Trinajstić information content (AvgIpc) is 3.66. The number of hydrogen-bond acceptors (Lipinski definition) is 7. The van der Waals surface area contributed by atoms with Gasteiger partial charge in [-0.1, -0.05) is 125 Å². The molecule has 5 rings (SSSR count). The summed E-state index contributed by atoms with van der Waals surface area (Å²) < 4.78 is 57.4. The van der Waals surface area contributed by atoms with E-state index in [-0.39, 0.29) is 18.3 Å². The fourth-order valence-corrected chi connectivity index (χ4v) is 9.32. The SMILES string of the molecule is CN(C)S(=O)(=O)n1c([C@H]2O[C@H](COCc3ccccc3)[C@H](OCc3ccccc3)[C@H]2OCc2ccccc2)cnc1[Si](C)(C)C(C)(C)C. The summed E-state index contributed by atoms with van der Waals surface area (Å²) in [6.07, 6.45) is -0.941. The molecule has 4 aromatic rings. The van der Waals surface area contributed by atoms with Crippen LogP contribution in [0.1, 0.15) is 49.3 Å². The van der Waals surface area contributed by atoms with E-state index in [1.165, 1.54) is 8.28 Å². The van der Waals surface area contributed by atoms with Crippen LogP contribution in [0.3, 0.4) is 0 Å². The van der Waals surface area contributed by atoms with E-state index >= 15 is 0 Å². The van der Waals surface area contributed by atoms with Crippen LogP contribution in [0.4, 0.5) is 0 Å². The van der Waals surface area contributed by atoms with E-state index in [9.17, 15) is 8.42 Å². The maximum atomic E-state index is 14.2. The minimum Gasteiger partial charge on any atom is -0.374 e. The smallest absolute Gasteiger partial charge is 0.308 e.